The van der Waals surface area contributed by atoms with Gasteiger partial charge in [0.05, 0.1) is 18.3 Å². The van der Waals surface area contributed by atoms with Gasteiger partial charge in [0.25, 0.3) is 0 Å². The molecule has 0 spiro atoms. The standard InChI is InChI=1S/C14H25N3O/c1-3-13(4-2)17-9-6-12(16-17)10-15-14(11-18)7-5-8-14/h6,9,13,15,18H,3-5,7-8,10-11H2,1-2H3. The van der Waals surface area contributed by atoms with Gasteiger partial charge in [0.15, 0.2) is 0 Å². The van der Waals surface area contributed by atoms with Crippen LogP contribution in [0.15, 0.2) is 12.3 Å². The summed E-state index contributed by atoms with van der Waals surface area (Å²) in [4.78, 5) is 0. The third-order valence-electron chi connectivity index (χ3n) is 4.24. The molecule has 1 heterocycles. The fraction of sp³-hybridized carbons (Fsp3) is 0.786. The van der Waals surface area contributed by atoms with Gasteiger partial charge in [-0.25, -0.2) is 0 Å². The third kappa shape index (κ3) is 2.75. The Morgan fingerprint density at radius 1 is 1.44 bits per heavy atom. The highest BCUT2D eigenvalue weighted by Gasteiger charge is 2.35. The molecule has 1 aromatic heterocycles. The first-order chi connectivity index (χ1) is 8.73. The quantitative estimate of drug-likeness (QED) is 0.781. The Hall–Kier alpha value is -0.870. The Labute approximate surface area is 109 Å². The molecule has 4 nitrogen and oxygen atoms in total. The predicted octanol–water partition coefficient (Wildman–Crippen LogP) is 2.25. The molecule has 0 unspecified atom stereocenters. The number of aromatic nitrogens is 2. The first-order valence-electron chi connectivity index (χ1n) is 7.13. The highest BCUT2D eigenvalue weighted by molar-refractivity contribution is 5.03. The van der Waals surface area contributed by atoms with Crippen molar-refractivity contribution in [2.45, 2.75) is 64.1 Å². The van der Waals surface area contributed by atoms with Crippen LogP contribution in [0.25, 0.3) is 0 Å². The zero-order valence-electron chi connectivity index (χ0n) is 11.5. The summed E-state index contributed by atoms with van der Waals surface area (Å²) in [5, 5.41) is 17.5. The number of aliphatic hydroxyl groups excluding tert-OH is 1. The second-order valence-electron chi connectivity index (χ2n) is 5.40. The Kier molecular flexibility index (Phi) is 4.40. The number of nitrogens with zero attached hydrogens (tertiary/aromatic N) is 2. The normalized spacial score (nSPS) is 18.0. The van der Waals surface area contributed by atoms with Crippen LogP contribution in [0.3, 0.4) is 0 Å². The van der Waals surface area contributed by atoms with E-state index in [1.807, 2.05) is 0 Å². The third-order valence-corrected chi connectivity index (χ3v) is 4.24. The first-order valence-corrected chi connectivity index (χ1v) is 7.13. The van der Waals surface area contributed by atoms with Crippen LogP contribution >= 0.6 is 0 Å². The van der Waals surface area contributed by atoms with E-state index in [4.69, 9.17) is 0 Å². The van der Waals surface area contributed by atoms with Crippen LogP contribution in [0.5, 0.6) is 0 Å². The molecule has 2 rings (SSSR count). The summed E-state index contributed by atoms with van der Waals surface area (Å²) in [6, 6.07) is 2.59. The fourth-order valence-electron chi connectivity index (χ4n) is 2.61. The van der Waals surface area contributed by atoms with E-state index in [1.165, 1.54) is 6.42 Å². The van der Waals surface area contributed by atoms with Gasteiger partial charge in [0.1, 0.15) is 0 Å². The van der Waals surface area contributed by atoms with E-state index in [0.717, 1.165) is 37.9 Å². The van der Waals surface area contributed by atoms with Crippen LogP contribution < -0.4 is 5.32 Å². The highest BCUT2D eigenvalue weighted by Crippen LogP contribution is 2.31. The number of hydrogen-bond acceptors (Lipinski definition) is 3. The Morgan fingerprint density at radius 2 is 2.17 bits per heavy atom. The smallest absolute Gasteiger partial charge is 0.0762 e. The van der Waals surface area contributed by atoms with E-state index < -0.39 is 0 Å². The van der Waals surface area contributed by atoms with E-state index in [0.29, 0.717) is 6.04 Å². The highest BCUT2D eigenvalue weighted by atomic mass is 16.3. The van der Waals surface area contributed by atoms with Crippen molar-refractivity contribution in [2.75, 3.05) is 6.61 Å². The summed E-state index contributed by atoms with van der Waals surface area (Å²) >= 11 is 0. The summed E-state index contributed by atoms with van der Waals surface area (Å²) in [7, 11) is 0. The summed E-state index contributed by atoms with van der Waals surface area (Å²) in [6.07, 6.45) is 7.68. The molecule has 0 aliphatic heterocycles. The van der Waals surface area contributed by atoms with Crippen molar-refractivity contribution in [2.24, 2.45) is 0 Å². The molecule has 1 aromatic rings. The zero-order valence-corrected chi connectivity index (χ0v) is 11.5. The van der Waals surface area contributed by atoms with Gasteiger partial charge in [-0.3, -0.25) is 4.68 Å². The molecule has 0 saturated heterocycles. The zero-order chi connectivity index (χ0) is 13.0. The molecule has 1 fully saturated rings. The topological polar surface area (TPSA) is 50.1 Å². The lowest BCUT2D eigenvalue weighted by molar-refractivity contribution is 0.0868. The number of nitrogens with one attached hydrogen (secondary N) is 1. The van der Waals surface area contributed by atoms with Crippen LogP contribution in [0.1, 0.15) is 57.7 Å². The molecule has 0 bridgehead atoms. The molecule has 0 radical (unpaired) electrons. The van der Waals surface area contributed by atoms with Crippen LogP contribution in [-0.2, 0) is 6.54 Å². The molecule has 2 N–H and O–H groups in total. The number of hydrogen-bond donors (Lipinski definition) is 2. The molecular formula is C14H25N3O. The second kappa shape index (κ2) is 5.85. The molecule has 0 atom stereocenters. The van der Waals surface area contributed by atoms with Crippen molar-refractivity contribution in [3.05, 3.63) is 18.0 Å². The molecule has 1 aliphatic carbocycles. The monoisotopic (exact) mass is 251 g/mol. The predicted molar refractivity (Wildman–Crippen MR) is 72.4 cm³/mol. The van der Waals surface area contributed by atoms with Gasteiger partial charge in [0, 0.05) is 18.3 Å². The minimum Gasteiger partial charge on any atom is -0.394 e. The van der Waals surface area contributed by atoms with Gasteiger partial charge < -0.3 is 10.4 Å². The van der Waals surface area contributed by atoms with Gasteiger partial charge in [-0.1, -0.05) is 13.8 Å². The molecule has 102 valence electrons. The summed E-state index contributed by atoms with van der Waals surface area (Å²) in [5.41, 5.74) is 1.04. The van der Waals surface area contributed by atoms with Gasteiger partial charge >= 0.3 is 0 Å². The lowest BCUT2D eigenvalue weighted by atomic mass is 9.77. The average molecular weight is 251 g/mol. The van der Waals surface area contributed by atoms with E-state index in [1.54, 1.807) is 0 Å². The summed E-state index contributed by atoms with van der Waals surface area (Å²) in [5.74, 6) is 0. The maximum absolute atomic E-state index is 9.40. The van der Waals surface area contributed by atoms with Crippen LogP contribution in [-0.4, -0.2) is 27.0 Å². The number of aliphatic hydroxyl groups is 1. The van der Waals surface area contributed by atoms with Crippen molar-refractivity contribution in [1.82, 2.24) is 15.1 Å². The molecule has 1 saturated carbocycles. The molecule has 4 heteroatoms. The molecule has 18 heavy (non-hydrogen) atoms. The minimum atomic E-state index is -0.0291. The maximum Gasteiger partial charge on any atom is 0.0762 e. The Balaban J connectivity index is 1.90. The summed E-state index contributed by atoms with van der Waals surface area (Å²) in [6.45, 7) is 5.39. The average Bonchev–Trinajstić information content (AvgIpc) is 2.79. The van der Waals surface area contributed by atoms with Crippen LogP contribution in [0.4, 0.5) is 0 Å². The lowest BCUT2D eigenvalue weighted by Crippen LogP contribution is -2.53. The van der Waals surface area contributed by atoms with Crippen molar-refractivity contribution in [1.29, 1.82) is 0 Å². The van der Waals surface area contributed by atoms with E-state index in [-0.39, 0.29) is 12.1 Å². The molecule has 1 aliphatic rings. The van der Waals surface area contributed by atoms with E-state index in [2.05, 4.69) is 41.2 Å². The molecule has 0 aromatic carbocycles. The Bertz CT molecular complexity index is 361. The van der Waals surface area contributed by atoms with Crippen molar-refractivity contribution in [3.8, 4) is 0 Å². The summed E-state index contributed by atoms with van der Waals surface area (Å²) < 4.78 is 2.07. The maximum atomic E-state index is 9.40. The van der Waals surface area contributed by atoms with Gasteiger partial charge in [-0.05, 0) is 38.2 Å². The largest absolute Gasteiger partial charge is 0.394 e. The molecule has 0 amide bonds. The first kappa shape index (κ1) is 13.6. The van der Waals surface area contributed by atoms with Crippen LogP contribution in [0.2, 0.25) is 0 Å². The van der Waals surface area contributed by atoms with E-state index >= 15 is 0 Å². The van der Waals surface area contributed by atoms with Crippen molar-refractivity contribution >= 4 is 0 Å². The minimum absolute atomic E-state index is 0.0291. The van der Waals surface area contributed by atoms with E-state index in [9.17, 15) is 5.11 Å². The molecular weight excluding hydrogens is 226 g/mol. The fourth-order valence-corrected chi connectivity index (χ4v) is 2.61. The van der Waals surface area contributed by atoms with Gasteiger partial charge in [-0.15, -0.1) is 0 Å². The van der Waals surface area contributed by atoms with Crippen molar-refractivity contribution < 1.29 is 5.11 Å². The van der Waals surface area contributed by atoms with Crippen LogP contribution in [0, 0.1) is 0 Å². The lowest BCUT2D eigenvalue weighted by Gasteiger charge is -2.41. The second-order valence-corrected chi connectivity index (χ2v) is 5.40. The number of rotatable bonds is 7. The van der Waals surface area contributed by atoms with Gasteiger partial charge in [-0.2, -0.15) is 5.10 Å². The Morgan fingerprint density at radius 3 is 2.67 bits per heavy atom. The van der Waals surface area contributed by atoms with Gasteiger partial charge in [0.2, 0.25) is 0 Å². The SMILES string of the molecule is CCC(CC)n1ccc(CNC2(CO)CCC2)n1. The van der Waals surface area contributed by atoms with Crippen molar-refractivity contribution in [3.63, 3.8) is 0 Å².